The Morgan fingerprint density at radius 2 is 1.38 bits per heavy atom. The summed E-state index contributed by atoms with van der Waals surface area (Å²) in [4.78, 5) is 22.5. The molecule has 0 bridgehead atoms. The number of carbonyl (C=O) groups excluding carboxylic acids is 1. The van der Waals surface area contributed by atoms with Gasteiger partial charge in [0.1, 0.15) is 11.2 Å². The van der Waals surface area contributed by atoms with Crippen molar-refractivity contribution in [2.75, 3.05) is 0 Å². The van der Waals surface area contributed by atoms with E-state index in [0.29, 0.717) is 0 Å². The van der Waals surface area contributed by atoms with Gasteiger partial charge in [0.2, 0.25) is 0 Å². The number of ketones is 1. The Balaban J connectivity index is 5.32. The summed E-state index contributed by atoms with van der Waals surface area (Å²) in [6.07, 6.45) is 0. The number of rotatable bonds is 4. The Hall–Kier alpha value is -0.860. The molecule has 3 heteroatoms. The Kier molecular flexibility index (Phi) is 3.64. The molecule has 76 valence electrons. The van der Waals surface area contributed by atoms with Crippen molar-refractivity contribution >= 4 is 11.8 Å². The molecule has 1 N–H and O–H groups in total. The van der Waals surface area contributed by atoms with Gasteiger partial charge in [0.25, 0.3) is 0 Å². The second kappa shape index (κ2) is 3.90. The van der Waals surface area contributed by atoms with Gasteiger partial charge in [-0.1, -0.05) is 27.7 Å². The third-order valence-corrected chi connectivity index (χ3v) is 2.76. The van der Waals surface area contributed by atoms with Crippen molar-refractivity contribution in [2.45, 2.75) is 34.6 Å². The number of hydrogen-bond donors (Lipinski definition) is 1. The van der Waals surface area contributed by atoms with Gasteiger partial charge in [-0.3, -0.25) is 9.59 Å². The van der Waals surface area contributed by atoms with Gasteiger partial charge in [-0.05, 0) is 18.8 Å². The van der Waals surface area contributed by atoms with Gasteiger partial charge >= 0.3 is 5.97 Å². The van der Waals surface area contributed by atoms with Crippen LogP contribution >= 0.6 is 0 Å². The second-order valence-corrected chi connectivity index (χ2v) is 4.04. The van der Waals surface area contributed by atoms with Crippen LogP contribution in [0.5, 0.6) is 0 Å². The Morgan fingerprint density at radius 1 is 1.08 bits per heavy atom. The van der Waals surface area contributed by atoms with Gasteiger partial charge in [0.15, 0.2) is 0 Å². The van der Waals surface area contributed by atoms with Crippen molar-refractivity contribution in [3.63, 3.8) is 0 Å². The van der Waals surface area contributed by atoms with Crippen molar-refractivity contribution in [2.24, 2.45) is 17.3 Å². The van der Waals surface area contributed by atoms with E-state index >= 15 is 0 Å². The number of hydrogen-bond acceptors (Lipinski definition) is 2. The van der Waals surface area contributed by atoms with Gasteiger partial charge in [-0.15, -0.1) is 0 Å². The molecule has 0 amide bonds. The minimum Gasteiger partial charge on any atom is -0.480 e. The first kappa shape index (κ1) is 12.1. The predicted octanol–water partition coefficient (Wildman–Crippen LogP) is 1.96. The molecule has 0 fully saturated rings. The third kappa shape index (κ3) is 1.74. The van der Waals surface area contributed by atoms with Crippen LogP contribution < -0.4 is 0 Å². The summed E-state index contributed by atoms with van der Waals surface area (Å²) in [6.45, 7) is 8.45. The summed E-state index contributed by atoms with van der Waals surface area (Å²) in [5.74, 6) is -1.63. The van der Waals surface area contributed by atoms with E-state index in [1.165, 1.54) is 6.92 Å². The highest BCUT2D eigenvalue weighted by Crippen LogP contribution is 2.37. The van der Waals surface area contributed by atoms with Crippen molar-refractivity contribution in [1.29, 1.82) is 0 Å². The summed E-state index contributed by atoms with van der Waals surface area (Å²) >= 11 is 0. The maximum atomic E-state index is 11.4. The molecule has 0 radical (unpaired) electrons. The molecule has 0 spiro atoms. The largest absolute Gasteiger partial charge is 0.480 e. The molecule has 0 aliphatic heterocycles. The van der Waals surface area contributed by atoms with Crippen LogP contribution in [-0.4, -0.2) is 16.9 Å². The van der Waals surface area contributed by atoms with Crippen LogP contribution in [0.15, 0.2) is 0 Å². The van der Waals surface area contributed by atoms with E-state index in [2.05, 4.69) is 0 Å². The molecule has 0 aromatic heterocycles. The third-order valence-electron chi connectivity index (χ3n) is 2.76. The maximum absolute atomic E-state index is 11.4. The number of carbonyl (C=O) groups is 2. The van der Waals surface area contributed by atoms with Crippen molar-refractivity contribution < 1.29 is 14.7 Å². The summed E-state index contributed by atoms with van der Waals surface area (Å²) in [6, 6.07) is 0. The molecule has 0 aliphatic rings. The molecule has 0 aromatic rings. The Morgan fingerprint density at radius 3 is 1.38 bits per heavy atom. The predicted molar refractivity (Wildman–Crippen MR) is 50.4 cm³/mol. The molecule has 0 rings (SSSR count). The second-order valence-electron chi connectivity index (χ2n) is 4.04. The maximum Gasteiger partial charge on any atom is 0.317 e. The molecular formula is C10H18O3. The number of Topliss-reactive ketones (excluding diaryl/α,β-unsaturated/α-hetero) is 1. The summed E-state index contributed by atoms with van der Waals surface area (Å²) in [5.41, 5.74) is -1.22. The fourth-order valence-corrected chi connectivity index (χ4v) is 2.12. The van der Waals surface area contributed by atoms with E-state index in [1.807, 2.05) is 0 Å². The lowest BCUT2D eigenvalue weighted by Crippen LogP contribution is -2.47. The molecule has 0 unspecified atom stereocenters. The molecule has 0 heterocycles. The number of aliphatic carboxylic acids is 1. The molecule has 3 nitrogen and oxygen atoms in total. The van der Waals surface area contributed by atoms with E-state index in [4.69, 9.17) is 5.11 Å². The van der Waals surface area contributed by atoms with Crippen LogP contribution in [0.4, 0.5) is 0 Å². The minimum atomic E-state index is -1.22. The molecular weight excluding hydrogens is 168 g/mol. The molecule has 0 saturated carbocycles. The molecule has 13 heavy (non-hydrogen) atoms. The zero-order chi connectivity index (χ0) is 10.8. The fraction of sp³-hybridized carbons (Fsp3) is 0.800. The first-order chi connectivity index (χ1) is 5.77. The van der Waals surface area contributed by atoms with Gasteiger partial charge in [0, 0.05) is 0 Å². The van der Waals surface area contributed by atoms with Crippen molar-refractivity contribution in [1.82, 2.24) is 0 Å². The van der Waals surface area contributed by atoms with Gasteiger partial charge in [0.05, 0.1) is 0 Å². The van der Waals surface area contributed by atoms with Crippen molar-refractivity contribution in [3.05, 3.63) is 0 Å². The molecule has 0 aliphatic carbocycles. The van der Waals surface area contributed by atoms with Crippen LogP contribution in [0.3, 0.4) is 0 Å². The first-order valence-electron chi connectivity index (χ1n) is 4.52. The highest BCUT2D eigenvalue weighted by atomic mass is 16.4. The van der Waals surface area contributed by atoms with Crippen LogP contribution in [-0.2, 0) is 9.59 Å². The van der Waals surface area contributed by atoms with Gasteiger partial charge in [-0.25, -0.2) is 0 Å². The lowest BCUT2D eigenvalue weighted by Gasteiger charge is -2.34. The monoisotopic (exact) mass is 186 g/mol. The highest BCUT2D eigenvalue weighted by Gasteiger charge is 2.48. The van der Waals surface area contributed by atoms with Crippen LogP contribution in [0.1, 0.15) is 34.6 Å². The smallest absolute Gasteiger partial charge is 0.317 e. The molecule has 0 atom stereocenters. The summed E-state index contributed by atoms with van der Waals surface area (Å²) in [7, 11) is 0. The number of carboxylic acid groups (broad SMARTS) is 1. The zero-order valence-electron chi connectivity index (χ0n) is 8.92. The lowest BCUT2D eigenvalue weighted by molar-refractivity contribution is -0.161. The Bertz CT molecular complexity index is 192. The summed E-state index contributed by atoms with van der Waals surface area (Å²) < 4.78 is 0. The van der Waals surface area contributed by atoms with Crippen LogP contribution in [0.25, 0.3) is 0 Å². The van der Waals surface area contributed by atoms with E-state index in [1.54, 1.807) is 27.7 Å². The highest BCUT2D eigenvalue weighted by molar-refractivity contribution is 6.02. The lowest BCUT2D eigenvalue weighted by atomic mass is 9.66. The van der Waals surface area contributed by atoms with Crippen molar-refractivity contribution in [3.8, 4) is 0 Å². The standard InChI is InChI=1S/C10H18O3/c1-6(2)10(7(3)4,8(5)11)9(12)13/h6-7H,1-5H3,(H,12,13). The minimum absolute atomic E-state index is 0.178. The van der Waals surface area contributed by atoms with Crippen LogP contribution in [0, 0.1) is 17.3 Å². The zero-order valence-corrected chi connectivity index (χ0v) is 8.92. The molecule has 0 saturated heterocycles. The van der Waals surface area contributed by atoms with Crippen LogP contribution in [0.2, 0.25) is 0 Å². The average Bonchev–Trinajstić information content (AvgIpc) is 1.82. The Labute approximate surface area is 79.1 Å². The normalized spacial score (nSPS) is 12.2. The summed E-state index contributed by atoms with van der Waals surface area (Å²) in [5, 5.41) is 9.11. The first-order valence-corrected chi connectivity index (χ1v) is 4.52. The molecule has 0 aromatic carbocycles. The average molecular weight is 186 g/mol. The fourth-order valence-electron chi connectivity index (χ4n) is 2.12. The van der Waals surface area contributed by atoms with E-state index in [-0.39, 0.29) is 17.6 Å². The topological polar surface area (TPSA) is 54.4 Å². The van der Waals surface area contributed by atoms with E-state index < -0.39 is 11.4 Å². The van der Waals surface area contributed by atoms with Gasteiger partial charge in [-0.2, -0.15) is 0 Å². The van der Waals surface area contributed by atoms with Gasteiger partial charge < -0.3 is 5.11 Å². The van der Waals surface area contributed by atoms with E-state index in [9.17, 15) is 9.59 Å². The van der Waals surface area contributed by atoms with E-state index in [0.717, 1.165) is 0 Å². The number of carboxylic acids is 1. The SMILES string of the molecule is CC(=O)C(C(=O)O)(C(C)C)C(C)C. The quantitative estimate of drug-likeness (QED) is 0.683.